The number of rotatable bonds is 6. The van der Waals surface area contributed by atoms with Crippen molar-refractivity contribution >= 4 is 46.6 Å². The molecule has 8 heteroatoms. The Kier molecular flexibility index (Phi) is 7.21. The number of amides is 2. The van der Waals surface area contributed by atoms with E-state index in [1.807, 2.05) is 36.4 Å². The zero-order valence-electron chi connectivity index (χ0n) is 18.2. The summed E-state index contributed by atoms with van der Waals surface area (Å²) in [6, 6.07) is 25.2. The highest BCUT2D eigenvalue weighted by molar-refractivity contribution is 8.05. The summed E-state index contributed by atoms with van der Waals surface area (Å²) in [6.45, 7) is 0. The van der Waals surface area contributed by atoms with E-state index in [0.29, 0.717) is 27.8 Å². The summed E-state index contributed by atoms with van der Waals surface area (Å²) in [5.41, 5.74) is 1.77. The molecule has 1 fully saturated rings. The summed E-state index contributed by atoms with van der Waals surface area (Å²) >= 11 is 7.38. The molecule has 0 saturated carbocycles. The topological polar surface area (TPSA) is 82.4 Å². The van der Waals surface area contributed by atoms with Gasteiger partial charge in [-0.1, -0.05) is 65.8 Å². The molecule has 1 atom stereocenters. The number of thioether (sulfide) groups is 1. The molecular formula is C26H20ClN3O3S. The van der Waals surface area contributed by atoms with Gasteiger partial charge in [-0.3, -0.25) is 14.5 Å². The second kappa shape index (κ2) is 10.5. The van der Waals surface area contributed by atoms with Gasteiger partial charge in [-0.15, -0.1) is 0 Å². The number of benzene rings is 3. The number of carbonyl (C=O) groups is 2. The number of nitrogens with one attached hydrogen (secondary N) is 1. The molecule has 0 aliphatic carbocycles. The minimum atomic E-state index is -0.628. The van der Waals surface area contributed by atoms with Gasteiger partial charge in [-0.25, -0.2) is 0 Å². The lowest BCUT2D eigenvalue weighted by Crippen LogP contribution is -2.30. The van der Waals surface area contributed by atoms with Gasteiger partial charge in [0.05, 0.1) is 23.1 Å². The highest BCUT2D eigenvalue weighted by Gasteiger charge is 2.40. The molecule has 0 bridgehead atoms. The molecule has 2 amide bonds. The summed E-state index contributed by atoms with van der Waals surface area (Å²) in [5, 5.41) is 12.8. The van der Waals surface area contributed by atoms with E-state index in [1.54, 1.807) is 55.6 Å². The SMILES string of the molecule is COc1ccc(C[C@H]2S/C(=C(/C#N)C(=O)Nc3ccccc3Cl)N(c3ccccc3)C2=O)cc1. The summed E-state index contributed by atoms with van der Waals surface area (Å²) in [5.74, 6) is -0.0964. The quantitative estimate of drug-likeness (QED) is 0.369. The maximum absolute atomic E-state index is 13.5. The summed E-state index contributed by atoms with van der Waals surface area (Å²) in [4.78, 5) is 28.0. The Morgan fingerprint density at radius 2 is 1.76 bits per heavy atom. The third-order valence-corrected chi connectivity index (χ3v) is 6.81. The minimum Gasteiger partial charge on any atom is -0.497 e. The second-order valence-corrected chi connectivity index (χ2v) is 8.99. The molecule has 1 N–H and O–H groups in total. The molecule has 1 heterocycles. The molecule has 4 rings (SSSR count). The van der Waals surface area contributed by atoms with E-state index < -0.39 is 11.2 Å². The van der Waals surface area contributed by atoms with Crippen LogP contribution in [0.15, 0.2) is 89.5 Å². The van der Waals surface area contributed by atoms with E-state index in [2.05, 4.69) is 5.32 Å². The van der Waals surface area contributed by atoms with Crippen molar-refractivity contribution in [3.63, 3.8) is 0 Å². The van der Waals surface area contributed by atoms with Crippen LogP contribution in [-0.4, -0.2) is 24.2 Å². The molecule has 170 valence electrons. The summed E-state index contributed by atoms with van der Waals surface area (Å²) in [6.07, 6.45) is 0.436. The van der Waals surface area contributed by atoms with Gasteiger partial charge in [0.15, 0.2) is 0 Å². The van der Waals surface area contributed by atoms with Crippen LogP contribution in [0.25, 0.3) is 0 Å². The van der Waals surface area contributed by atoms with Crippen LogP contribution in [0.1, 0.15) is 5.56 Å². The van der Waals surface area contributed by atoms with Crippen molar-refractivity contribution in [3.8, 4) is 11.8 Å². The Balaban J connectivity index is 1.70. The Bertz CT molecular complexity index is 1290. The third-order valence-electron chi connectivity index (χ3n) is 5.22. The van der Waals surface area contributed by atoms with Crippen molar-refractivity contribution in [2.75, 3.05) is 17.3 Å². The third kappa shape index (κ3) is 4.93. The molecule has 1 aliphatic heterocycles. The van der Waals surface area contributed by atoms with Crippen LogP contribution in [0.2, 0.25) is 5.02 Å². The van der Waals surface area contributed by atoms with E-state index in [1.165, 1.54) is 16.7 Å². The van der Waals surface area contributed by atoms with Crippen LogP contribution < -0.4 is 15.0 Å². The number of methoxy groups -OCH3 is 1. The molecule has 3 aromatic carbocycles. The number of para-hydroxylation sites is 2. The maximum atomic E-state index is 13.5. The highest BCUT2D eigenvalue weighted by atomic mass is 35.5. The minimum absolute atomic E-state index is 0.153. The number of hydrogen-bond acceptors (Lipinski definition) is 5. The van der Waals surface area contributed by atoms with Gasteiger partial charge in [-0.2, -0.15) is 5.26 Å². The van der Waals surface area contributed by atoms with Crippen molar-refractivity contribution in [2.24, 2.45) is 0 Å². The molecule has 1 saturated heterocycles. The van der Waals surface area contributed by atoms with E-state index in [0.717, 1.165) is 11.3 Å². The number of nitrogens with zero attached hydrogens (tertiary/aromatic N) is 2. The zero-order chi connectivity index (χ0) is 24.1. The van der Waals surface area contributed by atoms with Gasteiger partial charge in [0.25, 0.3) is 5.91 Å². The number of halogens is 1. The van der Waals surface area contributed by atoms with Gasteiger partial charge < -0.3 is 10.1 Å². The standard InChI is InChI=1S/C26H20ClN3O3S/c1-33-19-13-11-17(12-14-19)15-23-25(32)30(18-7-3-2-4-8-18)26(34-23)20(16-28)24(31)29-22-10-6-5-9-21(22)27/h2-14,23H,15H2,1H3,(H,29,31)/b26-20-/t23-/m1/s1. The number of hydrogen-bond donors (Lipinski definition) is 1. The lowest BCUT2D eigenvalue weighted by atomic mass is 10.1. The molecule has 0 unspecified atom stereocenters. The van der Waals surface area contributed by atoms with Crippen molar-refractivity contribution in [3.05, 3.63) is 100 Å². The van der Waals surface area contributed by atoms with Crippen molar-refractivity contribution < 1.29 is 14.3 Å². The lowest BCUT2D eigenvalue weighted by molar-refractivity contribution is -0.117. The van der Waals surface area contributed by atoms with Gasteiger partial charge in [0, 0.05) is 5.69 Å². The average molecular weight is 490 g/mol. The summed E-state index contributed by atoms with van der Waals surface area (Å²) < 4.78 is 5.20. The van der Waals surface area contributed by atoms with Gasteiger partial charge in [-0.05, 0) is 48.4 Å². The van der Waals surface area contributed by atoms with Gasteiger partial charge in [0.1, 0.15) is 22.4 Å². The maximum Gasteiger partial charge on any atom is 0.269 e. The average Bonchev–Trinajstić information content (AvgIpc) is 3.17. The highest BCUT2D eigenvalue weighted by Crippen LogP contribution is 2.42. The molecule has 0 aromatic heterocycles. The van der Waals surface area contributed by atoms with Gasteiger partial charge in [0.2, 0.25) is 5.91 Å². The van der Waals surface area contributed by atoms with Crippen molar-refractivity contribution in [1.29, 1.82) is 5.26 Å². The van der Waals surface area contributed by atoms with Crippen LogP contribution >= 0.6 is 23.4 Å². The zero-order valence-corrected chi connectivity index (χ0v) is 19.8. The molecule has 34 heavy (non-hydrogen) atoms. The van der Waals surface area contributed by atoms with Crippen LogP contribution in [0.5, 0.6) is 5.75 Å². The Morgan fingerprint density at radius 1 is 1.09 bits per heavy atom. The summed E-state index contributed by atoms with van der Waals surface area (Å²) in [7, 11) is 1.59. The normalized spacial score (nSPS) is 16.7. The second-order valence-electron chi connectivity index (χ2n) is 7.39. The number of anilines is 2. The van der Waals surface area contributed by atoms with E-state index in [9.17, 15) is 14.9 Å². The van der Waals surface area contributed by atoms with E-state index >= 15 is 0 Å². The first kappa shape index (κ1) is 23.4. The fourth-order valence-corrected chi connectivity index (χ4v) is 5.01. The molecule has 1 aliphatic rings. The number of nitriles is 1. The predicted octanol–water partition coefficient (Wildman–Crippen LogP) is 5.41. The van der Waals surface area contributed by atoms with Crippen molar-refractivity contribution in [1.82, 2.24) is 0 Å². The first-order valence-electron chi connectivity index (χ1n) is 10.4. The fourth-order valence-electron chi connectivity index (χ4n) is 3.52. The first-order valence-corrected chi connectivity index (χ1v) is 11.7. The van der Waals surface area contributed by atoms with Crippen molar-refractivity contribution in [2.45, 2.75) is 11.7 Å². The van der Waals surface area contributed by atoms with Crippen LogP contribution in [0.4, 0.5) is 11.4 Å². The first-order chi connectivity index (χ1) is 16.5. The lowest BCUT2D eigenvalue weighted by Gasteiger charge is -2.18. The molecule has 3 aromatic rings. The molecule has 0 spiro atoms. The smallest absolute Gasteiger partial charge is 0.269 e. The predicted molar refractivity (Wildman–Crippen MR) is 135 cm³/mol. The number of ether oxygens (including phenoxy) is 1. The largest absolute Gasteiger partial charge is 0.497 e. The van der Waals surface area contributed by atoms with Crippen LogP contribution in [-0.2, 0) is 16.0 Å². The number of carbonyl (C=O) groups excluding carboxylic acids is 2. The fraction of sp³-hybridized carbons (Fsp3) is 0.115. The van der Waals surface area contributed by atoms with E-state index in [-0.39, 0.29) is 11.5 Å². The molecular weight excluding hydrogens is 470 g/mol. The van der Waals surface area contributed by atoms with Crippen LogP contribution in [0.3, 0.4) is 0 Å². The Hall–Kier alpha value is -3.73. The van der Waals surface area contributed by atoms with Gasteiger partial charge >= 0.3 is 0 Å². The van der Waals surface area contributed by atoms with E-state index in [4.69, 9.17) is 16.3 Å². The Morgan fingerprint density at radius 3 is 2.41 bits per heavy atom. The molecule has 0 radical (unpaired) electrons. The molecule has 6 nitrogen and oxygen atoms in total. The monoisotopic (exact) mass is 489 g/mol. The Labute approximate surface area is 206 Å². The van der Waals surface area contributed by atoms with Crippen LogP contribution in [0, 0.1) is 11.3 Å².